The van der Waals surface area contributed by atoms with Gasteiger partial charge in [-0.25, -0.2) is 0 Å². The number of phenolic OH excluding ortho intramolecular Hbond substituents is 1. The molecule has 0 amide bonds. The number of hydrogen-bond donors (Lipinski definition) is 2. The maximum atomic E-state index is 13.3. The number of aromatic hydroxyl groups is 1. The van der Waals surface area contributed by atoms with Gasteiger partial charge in [0.2, 0.25) is 0 Å². The molecule has 0 unspecified atom stereocenters. The minimum Gasteiger partial charge on any atom is -0.508 e. The second-order valence-electron chi connectivity index (χ2n) is 4.79. The van der Waals surface area contributed by atoms with Crippen molar-refractivity contribution in [1.82, 2.24) is 10.2 Å². The van der Waals surface area contributed by atoms with E-state index in [2.05, 4.69) is 5.32 Å². The maximum Gasteiger partial charge on any atom is 0.408 e. The van der Waals surface area contributed by atoms with Crippen molar-refractivity contribution in [2.24, 2.45) is 0 Å². The molecule has 0 spiro atoms. The molecule has 0 radical (unpaired) electrons. The van der Waals surface area contributed by atoms with Crippen LogP contribution in [0.3, 0.4) is 0 Å². The van der Waals surface area contributed by atoms with Gasteiger partial charge in [-0.1, -0.05) is 12.1 Å². The lowest BCUT2D eigenvalue weighted by Crippen LogP contribution is -2.49. The number of halogens is 3. The fourth-order valence-corrected chi connectivity index (χ4v) is 2.41. The van der Waals surface area contributed by atoms with E-state index in [0.29, 0.717) is 26.2 Å². The molecule has 106 valence electrons. The van der Waals surface area contributed by atoms with Gasteiger partial charge in [-0.05, 0) is 18.6 Å². The van der Waals surface area contributed by atoms with Gasteiger partial charge in [-0.3, -0.25) is 4.90 Å². The van der Waals surface area contributed by atoms with Crippen molar-refractivity contribution in [2.75, 3.05) is 26.2 Å². The van der Waals surface area contributed by atoms with Crippen LogP contribution in [0.5, 0.6) is 5.75 Å². The summed E-state index contributed by atoms with van der Waals surface area (Å²) in [4.78, 5) is 1.36. The van der Waals surface area contributed by atoms with Crippen molar-refractivity contribution in [2.45, 2.75) is 19.1 Å². The van der Waals surface area contributed by atoms with E-state index >= 15 is 0 Å². The Balaban J connectivity index is 2.36. The van der Waals surface area contributed by atoms with Gasteiger partial charge in [0, 0.05) is 31.7 Å². The summed E-state index contributed by atoms with van der Waals surface area (Å²) in [6, 6.07) is 2.59. The number of nitrogens with one attached hydrogen (secondary N) is 1. The maximum absolute atomic E-state index is 13.3. The molecular weight excluding hydrogens is 257 g/mol. The van der Waals surface area contributed by atoms with Gasteiger partial charge in [0.1, 0.15) is 11.8 Å². The second kappa shape index (κ2) is 5.38. The molecule has 3 nitrogen and oxygen atoms in total. The summed E-state index contributed by atoms with van der Waals surface area (Å²) in [5.41, 5.74) is 0.669. The van der Waals surface area contributed by atoms with Crippen LogP contribution in [0.25, 0.3) is 0 Å². The summed E-state index contributed by atoms with van der Waals surface area (Å²) < 4.78 is 39.9. The van der Waals surface area contributed by atoms with Crippen LogP contribution in [0, 0.1) is 6.92 Å². The molecule has 1 aliphatic heterocycles. The number of phenols is 1. The number of rotatable bonds is 2. The molecule has 0 bridgehead atoms. The predicted molar refractivity (Wildman–Crippen MR) is 66.1 cm³/mol. The van der Waals surface area contributed by atoms with Crippen molar-refractivity contribution >= 4 is 0 Å². The fraction of sp³-hybridized carbons (Fsp3) is 0.538. The van der Waals surface area contributed by atoms with Gasteiger partial charge in [0.25, 0.3) is 0 Å². The largest absolute Gasteiger partial charge is 0.508 e. The Bertz CT molecular complexity index is 442. The monoisotopic (exact) mass is 274 g/mol. The Morgan fingerprint density at radius 1 is 1.26 bits per heavy atom. The minimum absolute atomic E-state index is 0.0694. The molecule has 1 saturated heterocycles. The van der Waals surface area contributed by atoms with Gasteiger partial charge in [-0.15, -0.1) is 0 Å². The molecule has 0 aliphatic carbocycles. The summed E-state index contributed by atoms with van der Waals surface area (Å²) in [5, 5.41) is 12.8. The predicted octanol–water partition coefficient (Wildman–Crippen LogP) is 2.21. The minimum atomic E-state index is -4.40. The van der Waals surface area contributed by atoms with Gasteiger partial charge >= 0.3 is 6.18 Å². The van der Waals surface area contributed by atoms with Crippen molar-refractivity contribution in [3.8, 4) is 5.75 Å². The van der Waals surface area contributed by atoms with Gasteiger partial charge in [0.15, 0.2) is 0 Å². The number of aryl methyl sites for hydroxylation is 1. The van der Waals surface area contributed by atoms with Crippen LogP contribution in [0.4, 0.5) is 13.2 Å². The van der Waals surface area contributed by atoms with E-state index in [-0.39, 0.29) is 11.3 Å². The molecule has 0 saturated carbocycles. The van der Waals surface area contributed by atoms with Crippen LogP contribution in [0.2, 0.25) is 0 Å². The third-order valence-electron chi connectivity index (χ3n) is 3.31. The second-order valence-corrected chi connectivity index (χ2v) is 4.79. The molecule has 19 heavy (non-hydrogen) atoms. The van der Waals surface area contributed by atoms with Crippen LogP contribution in [0.15, 0.2) is 18.2 Å². The molecule has 2 N–H and O–H groups in total. The molecule has 1 aromatic rings. The van der Waals surface area contributed by atoms with Gasteiger partial charge in [-0.2, -0.15) is 13.2 Å². The molecule has 1 heterocycles. The summed E-state index contributed by atoms with van der Waals surface area (Å²) in [6.07, 6.45) is -4.40. The van der Waals surface area contributed by atoms with Gasteiger partial charge in [0.05, 0.1) is 0 Å². The summed E-state index contributed by atoms with van der Waals surface area (Å²) in [7, 11) is 0. The average Bonchev–Trinajstić information content (AvgIpc) is 2.32. The Kier molecular flexibility index (Phi) is 4.01. The average molecular weight is 274 g/mol. The molecular formula is C13H17F3N2O. The van der Waals surface area contributed by atoms with E-state index in [1.807, 2.05) is 0 Å². The number of hydrogen-bond acceptors (Lipinski definition) is 3. The smallest absolute Gasteiger partial charge is 0.408 e. The lowest BCUT2D eigenvalue weighted by molar-refractivity contribution is -0.188. The van der Waals surface area contributed by atoms with Crippen LogP contribution in [0.1, 0.15) is 17.2 Å². The van der Waals surface area contributed by atoms with Crippen molar-refractivity contribution in [3.05, 3.63) is 29.3 Å². The number of benzene rings is 1. The first-order chi connectivity index (χ1) is 8.89. The van der Waals surface area contributed by atoms with E-state index < -0.39 is 12.2 Å². The number of piperazine rings is 1. The number of alkyl halides is 3. The highest BCUT2D eigenvalue weighted by molar-refractivity contribution is 5.39. The topological polar surface area (TPSA) is 35.5 Å². The third kappa shape index (κ3) is 3.19. The first kappa shape index (κ1) is 14.1. The third-order valence-corrected chi connectivity index (χ3v) is 3.31. The summed E-state index contributed by atoms with van der Waals surface area (Å²) in [5.74, 6) is -0.291. The molecule has 1 aromatic carbocycles. The van der Waals surface area contributed by atoms with E-state index in [9.17, 15) is 18.3 Å². The van der Waals surface area contributed by atoms with Crippen molar-refractivity contribution in [1.29, 1.82) is 0 Å². The Morgan fingerprint density at radius 2 is 1.89 bits per heavy atom. The standard InChI is InChI=1S/C13H17F3N2O/c1-9-2-3-10(11(19)8-9)12(13(14,15)16)18-6-4-17-5-7-18/h2-3,8,12,17,19H,4-7H2,1H3/t12-/m0/s1. The van der Waals surface area contributed by atoms with E-state index in [1.54, 1.807) is 13.0 Å². The van der Waals surface area contributed by atoms with Crippen molar-refractivity contribution < 1.29 is 18.3 Å². The Labute approximate surface area is 110 Å². The molecule has 0 aromatic heterocycles. The van der Waals surface area contributed by atoms with Crippen LogP contribution >= 0.6 is 0 Å². The normalized spacial score (nSPS) is 19.4. The summed E-state index contributed by atoms with van der Waals surface area (Å²) in [6.45, 7) is 3.42. The molecule has 1 atom stereocenters. The lowest BCUT2D eigenvalue weighted by atomic mass is 10.0. The Morgan fingerprint density at radius 3 is 2.42 bits per heavy atom. The first-order valence-electron chi connectivity index (χ1n) is 6.20. The Hall–Kier alpha value is -1.27. The molecule has 2 rings (SSSR count). The molecule has 1 fully saturated rings. The van der Waals surface area contributed by atoms with E-state index in [4.69, 9.17) is 0 Å². The van der Waals surface area contributed by atoms with Gasteiger partial charge < -0.3 is 10.4 Å². The summed E-state index contributed by atoms with van der Waals surface area (Å²) >= 11 is 0. The SMILES string of the molecule is Cc1ccc([C@H](N2CCNCC2)C(F)(F)F)c(O)c1. The highest BCUT2D eigenvalue weighted by Gasteiger charge is 2.46. The molecule has 6 heteroatoms. The van der Waals surface area contributed by atoms with E-state index in [0.717, 1.165) is 5.56 Å². The van der Waals surface area contributed by atoms with E-state index in [1.165, 1.54) is 17.0 Å². The van der Waals surface area contributed by atoms with Crippen LogP contribution in [-0.2, 0) is 0 Å². The first-order valence-corrected chi connectivity index (χ1v) is 6.20. The lowest BCUT2D eigenvalue weighted by Gasteiger charge is -2.36. The van der Waals surface area contributed by atoms with Crippen LogP contribution in [-0.4, -0.2) is 42.4 Å². The highest BCUT2D eigenvalue weighted by atomic mass is 19.4. The highest BCUT2D eigenvalue weighted by Crippen LogP contribution is 2.41. The van der Waals surface area contributed by atoms with Crippen molar-refractivity contribution in [3.63, 3.8) is 0 Å². The van der Waals surface area contributed by atoms with Crippen LogP contribution < -0.4 is 5.32 Å². The zero-order valence-corrected chi connectivity index (χ0v) is 10.7. The zero-order valence-electron chi connectivity index (χ0n) is 10.7. The zero-order chi connectivity index (χ0) is 14.0. The molecule has 1 aliphatic rings. The number of nitrogens with zero attached hydrogens (tertiary/aromatic N) is 1. The fourth-order valence-electron chi connectivity index (χ4n) is 2.41. The quantitative estimate of drug-likeness (QED) is 0.868.